The minimum atomic E-state index is -1.34. The highest BCUT2D eigenvalue weighted by atomic mass is 19.1. The molecule has 0 bridgehead atoms. The van der Waals surface area contributed by atoms with Crippen LogP contribution in [0.4, 0.5) is 4.39 Å². The molecular formula is C13H12FNO6. The molecule has 0 saturated carbocycles. The number of carbonyl (C=O) groups excluding carboxylic acids is 2. The molecule has 1 aliphatic rings. The predicted octanol–water partition coefficient (Wildman–Crippen LogP) is 0.520. The van der Waals surface area contributed by atoms with Crippen molar-refractivity contribution in [2.45, 2.75) is 12.0 Å². The standard InChI is InChI=1S/C13H12FNO6/c1-19-12(16)10-9(7-3-5-8(14)6-4-7)11(13(17)20-2)21-15(10)18/h3-6,9,11H,1-2H3/t9-,11-/m0/s1. The van der Waals surface area contributed by atoms with Crippen molar-refractivity contribution in [3.63, 3.8) is 0 Å². The second kappa shape index (κ2) is 5.78. The van der Waals surface area contributed by atoms with Crippen LogP contribution in [0.15, 0.2) is 24.3 Å². The van der Waals surface area contributed by atoms with E-state index in [9.17, 15) is 19.2 Å². The molecule has 1 aromatic rings. The fourth-order valence-electron chi connectivity index (χ4n) is 2.08. The van der Waals surface area contributed by atoms with Gasteiger partial charge in [0.15, 0.2) is 6.10 Å². The maximum absolute atomic E-state index is 13.0. The van der Waals surface area contributed by atoms with Crippen molar-refractivity contribution in [3.8, 4) is 0 Å². The van der Waals surface area contributed by atoms with Crippen LogP contribution in [0.25, 0.3) is 0 Å². The second-order valence-corrected chi connectivity index (χ2v) is 4.21. The smallest absolute Gasteiger partial charge is 0.405 e. The third-order valence-corrected chi connectivity index (χ3v) is 3.06. The summed E-state index contributed by atoms with van der Waals surface area (Å²) in [5.74, 6) is -3.30. The fourth-order valence-corrected chi connectivity index (χ4v) is 2.08. The Bertz CT molecular complexity index is 597. The summed E-state index contributed by atoms with van der Waals surface area (Å²) in [4.78, 5) is 28.2. The van der Waals surface area contributed by atoms with Crippen molar-refractivity contribution in [1.82, 2.24) is 0 Å². The Morgan fingerprint density at radius 1 is 1.24 bits per heavy atom. The molecule has 1 heterocycles. The number of methoxy groups -OCH3 is 2. The first kappa shape index (κ1) is 14.8. The third kappa shape index (κ3) is 2.64. The molecule has 8 heteroatoms. The van der Waals surface area contributed by atoms with Gasteiger partial charge >= 0.3 is 17.7 Å². The molecule has 0 unspecified atom stereocenters. The maximum Gasteiger partial charge on any atom is 0.405 e. The Labute approximate surface area is 119 Å². The summed E-state index contributed by atoms with van der Waals surface area (Å²) in [7, 11) is 2.22. The van der Waals surface area contributed by atoms with E-state index < -0.39 is 35.5 Å². The summed E-state index contributed by atoms with van der Waals surface area (Å²) in [6.45, 7) is 0. The van der Waals surface area contributed by atoms with Crippen molar-refractivity contribution in [2.24, 2.45) is 0 Å². The molecule has 0 N–H and O–H groups in total. The van der Waals surface area contributed by atoms with Gasteiger partial charge in [0.25, 0.3) is 0 Å². The van der Waals surface area contributed by atoms with Crippen LogP contribution in [0.1, 0.15) is 11.5 Å². The molecule has 1 aromatic carbocycles. The van der Waals surface area contributed by atoms with Crippen molar-refractivity contribution < 1.29 is 33.2 Å². The summed E-state index contributed by atoms with van der Waals surface area (Å²) in [5, 5.41) is 11.7. The Kier molecular flexibility index (Phi) is 4.06. The molecule has 0 saturated heterocycles. The summed E-state index contributed by atoms with van der Waals surface area (Å²) in [5.41, 5.74) is -0.0509. The van der Waals surface area contributed by atoms with Crippen LogP contribution in [-0.4, -0.2) is 42.9 Å². The average molecular weight is 297 g/mol. The zero-order valence-electron chi connectivity index (χ0n) is 11.2. The molecule has 112 valence electrons. The largest absolute Gasteiger partial charge is 0.468 e. The first-order chi connectivity index (χ1) is 9.99. The first-order valence-corrected chi connectivity index (χ1v) is 5.92. The topological polar surface area (TPSA) is 87.9 Å². The van der Waals surface area contributed by atoms with E-state index in [0.29, 0.717) is 5.56 Å². The number of benzene rings is 1. The molecule has 1 aliphatic heterocycles. The molecule has 0 radical (unpaired) electrons. The molecule has 7 nitrogen and oxygen atoms in total. The molecular weight excluding hydrogens is 285 g/mol. The minimum Gasteiger partial charge on any atom is -0.468 e. The normalized spacial score (nSPS) is 20.9. The Morgan fingerprint density at radius 3 is 2.38 bits per heavy atom. The number of nitrogens with zero attached hydrogens (tertiary/aromatic N) is 1. The van der Waals surface area contributed by atoms with Gasteiger partial charge < -0.3 is 14.3 Å². The van der Waals surface area contributed by atoms with Crippen LogP contribution in [0.5, 0.6) is 0 Å². The third-order valence-electron chi connectivity index (χ3n) is 3.06. The number of halogens is 1. The van der Waals surface area contributed by atoms with Crippen LogP contribution in [0, 0.1) is 11.0 Å². The highest BCUT2D eigenvalue weighted by Crippen LogP contribution is 2.30. The summed E-state index contributed by atoms with van der Waals surface area (Å²) in [6, 6.07) is 4.99. The predicted molar refractivity (Wildman–Crippen MR) is 66.7 cm³/mol. The van der Waals surface area contributed by atoms with Crippen LogP contribution in [-0.2, 0) is 23.9 Å². The van der Waals surface area contributed by atoms with Gasteiger partial charge in [0, 0.05) is 0 Å². The van der Waals surface area contributed by atoms with Crippen molar-refractivity contribution in [3.05, 3.63) is 40.9 Å². The molecule has 0 aliphatic carbocycles. The zero-order chi connectivity index (χ0) is 15.6. The molecule has 0 spiro atoms. The Balaban J connectivity index is 2.48. The van der Waals surface area contributed by atoms with E-state index in [1.807, 2.05) is 0 Å². The van der Waals surface area contributed by atoms with Gasteiger partial charge in [0.1, 0.15) is 11.7 Å². The van der Waals surface area contributed by atoms with E-state index in [2.05, 4.69) is 9.47 Å². The van der Waals surface area contributed by atoms with E-state index in [1.165, 1.54) is 12.1 Å². The zero-order valence-corrected chi connectivity index (χ0v) is 11.2. The maximum atomic E-state index is 13.0. The van der Waals surface area contributed by atoms with Crippen molar-refractivity contribution >= 4 is 17.7 Å². The lowest BCUT2D eigenvalue weighted by Crippen LogP contribution is -2.33. The Morgan fingerprint density at radius 2 is 1.86 bits per heavy atom. The lowest BCUT2D eigenvalue weighted by atomic mass is 9.89. The van der Waals surface area contributed by atoms with E-state index in [0.717, 1.165) is 26.4 Å². The van der Waals surface area contributed by atoms with Gasteiger partial charge in [-0.2, -0.15) is 0 Å². The first-order valence-electron chi connectivity index (χ1n) is 5.92. The highest BCUT2D eigenvalue weighted by molar-refractivity contribution is 6.37. The summed E-state index contributed by atoms with van der Waals surface area (Å²) >= 11 is 0. The molecule has 0 amide bonds. The van der Waals surface area contributed by atoms with Gasteiger partial charge in [-0.15, -0.1) is 0 Å². The molecule has 21 heavy (non-hydrogen) atoms. The van der Waals surface area contributed by atoms with Crippen molar-refractivity contribution in [2.75, 3.05) is 14.2 Å². The lowest BCUT2D eigenvalue weighted by molar-refractivity contribution is -0.736. The van der Waals surface area contributed by atoms with Crippen LogP contribution < -0.4 is 0 Å². The van der Waals surface area contributed by atoms with Crippen LogP contribution in [0.2, 0.25) is 0 Å². The number of carbonyl (C=O) groups is 2. The van der Waals surface area contributed by atoms with E-state index in [4.69, 9.17) is 4.84 Å². The molecule has 2 rings (SSSR count). The monoisotopic (exact) mass is 297 g/mol. The second-order valence-electron chi connectivity index (χ2n) is 4.21. The molecule has 0 fully saturated rings. The van der Waals surface area contributed by atoms with E-state index >= 15 is 0 Å². The van der Waals surface area contributed by atoms with Gasteiger partial charge in [-0.3, -0.25) is 10.0 Å². The van der Waals surface area contributed by atoms with Gasteiger partial charge in [0.2, 0.25) is 0 Å². The Hall–Kier alpha value is -2.64. The van der Waals surface area contributed by atoms with Gasteiger partial charge in [-0.25, -0.2) is 9.18 Å². The van der Waals surface area contributed by atoms with Crippen LogP contribution >= 0.6 is 0 Å². The van der Waals surface area contributed by atoms with Crippen LogP contribution in [0.3, 0.4) is 0 Å². The number of ether oxygens (including phenoxy) is 2. The minimum absolute atomic E-state index is 0.0680. The summed E-state index contributed by atoms with van der Waals surface area (Å²) < 4.78 is 22.1. The molecule has 2 atom stereocenters. The highest BCUT2D eigenvalue weighted by Gasteiger charge is 2.50. The fraction of sp³-hybridized carbons (Fsp3) is 0.308. The molecule has 0 aromatic heterocycles. The number of hydrogen-bond acceptors (Lipinski definition) is 6. The van der Waals surface area contributed by atoms with Gasteiger partial charge in [-0.05, 0) is 17.7 Å². The van der Waals surface area contributed by atoms with Gasteiger partial charge in [0.05, 0.1) is 19.1 Å². The summed E-state index contributed by atoms with van der Waals surface area (Å²) in [6.07, 6.45) is -1.34. The van der Waals surface area contributed by atoms with E-state index in [-0.39, 0.29) is 4.90 Å². The number of rotatable bonds is 3. The van der Waals surface area contributed by atoms with E-state index in [1.54, 1.807) is 0 Å². The average Bonchev–Trinajstić information content (AvgIpc) is 2.84. The van der Waals surface area contributed by atoms with Gasteiger partial charge in [-0.1, -0.05) is 12.1 Å². The lowest BCUT2D eigenvalue weighted by Gasteiger charge is -2.16. The van der Waals surface area contributed by atoms with Crippen molar-refractivity contribution in [1.29, 1.82) is 0 Å². The quantitative estimate of drug-likeness (QED) is 0.597. The number of esters is 2. The SMILES string of the molecule is COC(=O)C1=[N+]([O-])O[C@H](C(=O)OC)[C@H]1c1ccc(F)cc1. The number of hydrogen-bond donors (Lipinski definition) is 0.